The maximum absolute atomic E-state index is 4.47. The summed E-state index contributed by atoms with van der Waals surface area (Å²) in [4.78, 5) is 4.47. The van der Waals surface area contributed by atoms with Gasteiger partial charge in [0.25, 0.3) is 0 Å². The van der Waals surface area contributed by atoms with E-state index in [1.165, 1.54) is 0 Å². The van der Waals surface area contributed by atoms with Crippen LogP contribution in [0.5, 0.6) is 0 Å². The lowest BCUT2D eigenvalue weighted by atomic mass is 10.2. The van der Waals surface area contributed by atoms with E-state index in [-0.39, 0.29) is 0 Å². The third kappa shape index (κ3) is 8.23. The molecule has 0 aromatic heterocycles. The van der Waals surface area contributed by atoms with E-state index in [1.807, 2.05) is 11.8 Å². The third-order valence-electron chi connectivity index (χ3n) is 1.56. The van der Waals surface area contributed by atoms with E-state index in [1.54, 1.807) is 0 Å². The molecule has 84 valence electrons. The highest BCUT2D eigenvalue weighted by Gasteiger charge is 1.96. The van der Waals surface area contributed by atoms with Crippen molar-refractivity contribution >= 4 is 17.7 Å². The second-order valence-corrected chi connectivity index (χ2v) is 4.52. The Labute approximate surface area is 92.1 Å². The number of hydrogen-bond donors (Lipinski definition) is 2. The SMILES string of the molecule is CCNC(=NCC(C)C)NCCSC. The van der Waals surface area contributed by atoms with Crippen LogP contribution < -0.4 is 10.6 Å². The summed E-state index contributed by atoms with van der Waals surface area (Å²) in [6, 6.07) is 0. The molecule has 0 aromatic rings. The fraction of sp³-hybridized carbons (Fsp3) is 0.900. The van der Waals surface area contributed by atoms with Crippen molar-refractivity contribution in [2.45, 2.75) is 20.8 Å². The minimum Gasteiger partial charge on any atom is -0.357 e. The van der Waals surface area contributed by atoms with Crippen molar-refractivity contribution in [3.8, 4) is 0 Å². The zero-order valence-corrected chi connectivity index (χ0v) is 10.6. The summed E-state index contributed by atoms with van der Waals surface area (Å²) >= 11 is 1.84. The second kappa shape index (κ2) is 9.19. The van der Waals surface area contributed by atoms with E-state index < -0.39 is 0 Å². The summed E-state index contributed by atoms with van der Waals surface area (Å²) in [6.45, 7) is 9.22. The quantitative estimate of drug-likeness (QED) is 0.403. The smallest absolute Gasteiger partial charge is 0.191 e. The van der Waals surface area contributed by atoms with Gasteiger partial charge in [-0.1, -0.05) is 13.8 Å². The van der Waals surface area contributed by atoms with Gasteiger partial charge in [0.15, 0.2) is 5.96 Å². The number of aliphatic imine (C=N–C) groups is 1. The predicted molar refractivity (Wildman–Crippen MR) is 67.2 cm³/mol. The van der Waals surface area contributed by atoms with Crippen LogP contribution in [-0.4, -0.2) is 37.6 Å². The van der Waals surface area contributed by atoms with Crippen LogP contribution in [-0.2, 0) is 0 Å². The highest BCUT2D eigenvalue weighted by Crippen LogP contribution is 1.91. The van der Waals surface area contributed by atoms with E-state index in [9.17, 15) is 0 Å². The Hall–Kier alpha value is -0.380. The van der Waals surface area contributed by atoms with Gasteiger partial charge in [0.1, 0.15) is 0 Å². The Morgan fingerprint density at radius 3 is 2.57 bits per heavy atom. The molecule has 0 rings (SSSR count). The lowest BCUT2D eigenvalue weighted by Crippen LogP contribution is -2.38. The molecule has 0 spiro atoms. The van der Waals surface area contributed by atoms with Crippen LogP contribution in [0.25, 0.3) is 0 Å². The molecular weight excluding hydrogens is 194 g/mol. The maximum Gasteiger partial charge on any atom is 0.191 e. The van der Waals surface area contributed by atoms with Crippen molar-refractivity contribution in [2.24, 2.45) is 10.9 Å². The van der Waals surface area contributed by atoms with Gasteiger partial charge >= 0.3 is 0 Å². The molecule has 0 aliphatic heterocycles. The van der Waals surface area contributed by atoms with Gasteiger partial charge in [-0.05, 0) is 19.1 Å². The number of guanidine groups is 1. The summed E-state index contributed by atoms with van der Waals surface area (Å²) in [5, 5.41) is 6.52. The number of hydrogen-bond acceptors (Lipinski definition) is 2. The van der Waals surface area contributed by atoms with Gasteiger partial charge in [0.2, 0.25) is 0 Å². The molecule has 4 heteroatoms. The van der Waals surface area contributed by atoms with Gasteiger partial charge in [0, 0.05) is 25.4 Å². The first-order chi connectivity index (χ1) is 6.70. The molecule has 0 heterocycles. The van der Waals surface area contributed by atoms with Crippen molar-refractivity contribution in [1.29, 1.82) is 0 Å². The van der Waals surface area contributed by atoms with Crippen molar-refractivity contribution in [1.82, 2.24) is 10.6 Å². The average molecular weight is 217 g/mol. The Kier molecular flexibility index (Phi) is 8.94. The van der Waals surface area contributed by atoms with Crippen LogP contribution >= 0.6 is 11.8 Å². The normalized spacial score (nSPS) is 11.9. The Morgan fingerprint density at radius 2 is 2.07 bits per heavy atom. The molecule has 0 amide bonds. The number of thioether (sulfide) groups is 1. The zero-order chi connectivity index (χ0) is 10.8. The standard InChI is InChI=1S/C10H23N3S/c1-5-11-10(12-6-7-14-4)13-8-9(2)3/h9H,5-8H2,1-4H3,(H2,11,12,13). The van der Waals surface area contributed by atoms with E-state index >= 15 is 0 Å². The van der Waals surface area contributed by atoms with Crippen LogP contribution in [0.15, 0.2) is 4.99 Å². The summed E-state index contributed by atoms with van der Waals surface area (Å²) in [7, 11) is 0. The van der Waals surface area contributed by atoms with Crippen LogP contribution in [0.1, 0.15) is 20.8 Å². The Morgan fingerprint density at radius 1 is 1.36 bits per heavy atom. The van der Waals surface area contributed by atoms with Crippen molar-refractivity contribution in [3.05, 3.63) is 0 Å². The molecule has 0 saturated heterocycles. The van der Waals surface area contributed by atoms with Gasteiger partial charge in [-0.3, -0.25) is 4.99 Å². The molecular formula is C10H23N3S. The molecule has 0 fully saturated rings. The number of nitrogens with zero attached hydrogens (tertiary/aromatic N) is 1. The van der Waals surface area contributed by atoms with Crippen LogP contribution in [0.4, 0.5) is 0 Å². The van der Waals surface area contributed by atoms with Crippen LogP contribution in [0, 0.1) is 5.92 Å². The molecule has 0 radical (unpaired) electrons. The van der Waals surface area contributed by atoms with E-state index in [0.717, 1.165) is 31.3 Å². The Balaban J connectivity index is 3.81. The average Bonchev–Trinajstić information content (AvgIpc) is 2.14. The zero-order valence-electron chi connectivity index (χ0n) is 9.76. The third-order valence-corrected chi connectivity index (χ3v) is 2.17. The summed E-state index contributed by atoms with van der Waals surface area (Å²) in [5.41, 5.74) is 0. The van der Waals surface area contributed by atoms with Crippen LogP contribution in [0.3, 0.4) is 0 Å². The minimum absolute atomic E-state index is 0.617. The fourth-order valence-corrected chi connectivity index (χ4v) is 1.19. The van der Waals surface area contributed by atoms with Gasteiger partial charge in [0.05, 0.1) is 0 Å². The van der Waals surface area contributed by atoms with Gasteiger partial charge < -0.3 is 10.6 Å². The van der Waals surface area contributed by atoms with Gasteiger partial charge in [-0.25, -0.2) is 0 Å². The molecule has 0 aromatic carbocycles. The number of rotatable bonds is 6. The van der Waals surface area contributed by atoms with E-state index in [4.69, 9.17) is 0 Å². The van der Waals surface area contributed by atoms with E-state index in [2.05, 4.69) is 42.7 Å². The lowest BCUT2D eigenvalue weighted by Gasteiger charge is -2.11. The number of nitrogens with one attached hydrogen (secondary N) is 2. The van der Waals surface area contributed by atoms with Gasteiger partial charge in [-0.2, -0.15) is 11.8 Å². The minimum atomic E-state index is 0.617. The lowest BCUT2D eigenvalue weighted by molar-refractivity contribution is 0.658. The monoisotopic (exact) mass is 217 g/mol. The molecule has 0 aliphatic carbocycles. The first-order valence-corrected chi connectivity index (χ1v) is 6.61. The Bertz CT molecular complexity index is 157. The first-order valence-electron chi connectivity index (χ1n) is 5.21. The molecule has 3 nitrogen and oxygen atoms in total. The van der Waals surface area contributed by atoms with Crippen LogP contribution in [0.2, 0.25) is 0 Å². The highest BCUT2D eigenvalue weighted by atomic mass is 32.2. The van der Waals surface area contributed by atoms with E-state index in [0.29, 0.717) is 5.92 Å². The van der Waals surface area contributed by atoms with Crippen molar-refractivity contribution in [3.63, 3.8) is 0 Å². The van der Waals surface area contributed by atoms with Crippen molar-refractivity contribution in [2.75, 3.05) is 31.6 Å². The summed E-state index contributed by atoms with van der Waals surface area (Å²) in [5.74, 6) is 2.67. The fourth-order valence-electron chi connectivity index (χ4n) is 0.887. The largest absolute Gasteiger partial charge is 0.357 e. The van der Waals surface area contributed by atoms with Gasteiger partial charge in [-0.15, -0.1) is 0 Å². The summed E-state index contributed by atoms with van der Waals surface area (Å²) < 4.78 is 0. The molecule has 0 atom stereocenters. The molecule has 0 bridgehead atoms. The molecule has 0 aliphatic rings. The maximum atomic E-state index is 4.47. The topological polar surface area (TPSA) is 36.4 Å². The predicted octanol–water partition coefficient (Wildman–Crippen LogP) is 1.56. The first kappa shape index (κ1) is 13.6. The second-order valence-electron chi connectivity index (χ2n) is 3.53. The molecule has 0 saturated carbocycles. The molecule has 14 heavy (non-hydrogen) atoms. The van der Waals surface area contributed by atoms with Crippen molar-refractivity contribution < 1.29 is 0 Å². The summed E-state index contributed by atoms with van der Waals surface area (Å²) in [6.07, 6.45) is 2.11. The highest BCUT2D eigenvalue weighted by molar-refractivity contribution is 7.98. The molecule has 0 unspecified atom stereocenters. The molecule has 2 N–H and O–H groups in total.